The maximum atomic E-state index is 13.1. The molecule has 1 N–H and O–H groups in total. The molecule has 0 aliphatic carbocycles. The molecule has 2 aromatic heterocycles. The third-order valence-corrected chi connectivity index (χ3v) is 4.66. The van der Waals surface area contributed by atoms with Gasteiger partial charge in [-0.05, 0) is 31.2 Å². The maximum absolute atomic E-state index is 13.1. The number of aryl methyl sites for hydroxylation is 1. The van der Waals surface area contributed by atoms with Crippen LogP contribution < -0.4 is 15.6 Å². The maximum Gasteiger partial charge on any atom is 0.297 e. The van der Waals surface area contributed by atoms with E-state index in [0.29, 0.717) is 35.8 Å². The molecule has 8 heteroatoms. The van der Waals surface area contributed by atoms with Crippen LogP contribution in [0.3, 0.4) is 0 Å². The van der Waals surface area contributed by atoms with Crippen LogP contribution >= 0.6 is 0 Å². The number of para-hydroxylation sites is 4. The first kappa shape index (κ1) is 18.7. The van der Waals surface area contributed by atoms with E-state index < -0.39 is 0 Å². The lowest BCUT2D eigenvalue weighted by Crippen LogP contribution is -2.29. The Morgan fingerprint density at radius 2 is 1.76 bits per heavy atom. The molecule has 0 spiro atoms. The third kappa shape index (κ3) is 3.33. The Bertz CT molecular complexity index is 1260. The van der Waals surface area contributed by atoms with Crippen molar-refractivity contribution < 1.29 is 9.53 Å². The quantitative estimate of drug-likeness (QED) is 0.546. The summed E-state index contributed by atoms with van der Waals surface area (Å²) in [5.74, 6) is 0.959. The number of nitrogens with one attached hydrogen (secondary N) is 1. The predicted molar refractivity (Wildman–Crippen MR) is 110 cm³/mol. The van der Waals surface area contributed by atoms with E-state index in [1.54, 1.807) is 16.5 Å². The molecule has 8 nitrogen and oxygen atoms in total. The number of aromatic nitrogens is 4. The van der Waals surface area contributed by atoms with E-state index in [4.69, 9.17) is 4.74 Å². The normalized spacial score (nSPS) is 11.1. The summed E-state index contributed by atoms with van der Waals surface area (Å²) in [6.07, 6.45) is 0.642. The van der Waals surface area contributed by atoms with Crippen molar-refractivity contribution in [3.05, 3.63) is 64.7 Å². The second-order valence-electron chi connectivity index (χ2n) is 6.49. The van der Waals surface area contributed by atoms with Gasteiger partial charge in [0.1, 0.15) is 18.1 Å². The van der Waals surface area contributed by atoms with Crippen molar-refractivity contribution in [3.63, 3.8) is 0 Å². The Hall–Kier alpha value is -3.68. The van der Waals surface area contributed by atoms with Crippen molar-refractivity contribution in [1.82, 2.24) is 19.2 Å². The molecular formula is C21H21N5O3. The largest absolute Gasteiger partial charge is 0.492 e. The van der Waals surface area contributed by atoms with Gasteiger partial charge >= 0.3 is 0 Å². The first-order valence-corrected chi connectivity index (χ1v) is 9.51. The minimum absolute atomic E-state index is 0.148. The number of hydrogen-bond acceptors (Lipinski definition) is 5. The van der Waals surface area contributed by atoms with Crippen LogP contribution in [-0.2, 0) is 17.8 Å². The molecule has 148 valence electrons. The molecule has 0 radical (unpaired) electrons. The van der Waals surface area contributed by atoms with Gasteiger partial charge in [0.15, 0.2) is 0 Å². The van der Waals surface area contributed by atoms with Gasteiger partial charge in [0.05, 0.1) is 23.3 Å². The second-order valence-corrected chi connectivity index (χ2v) is 6.49. The highest BCUT2D eigenvalue weighted by Gasteiger charge is 2.17. The van der Waals surface area contributed by atoms with Crippen molar-refractivity contribution >= 4 is 28.3 Å². The Morgan fingerprint density at radius 3 is 2.52 bits per heavy atom. The van der Waals surface area contributed by atoms with Crippen molar-refractivity contribution in [2.45, 2.75) is 26.8 Å². The van der Waals surface area contributed by atoms with E-state index >= 15 is 0 Å². The van der Waals surface area contributed by atoms with Gasteiger partial charge in [-0.3, -0.25) is 18.6 Å². The SMILES string of the molecule is CCOc1ccccc1NC(=O)Cn1c(=O)c2nnc(CC)n2c2ccccc21. The first-order valence-electron chi connectivity index (χ1n) is 9.51. The summed E-state index contributed by atoms with van der Waals surface area (Å²) in [6, 6.07) is 14.6. The number of benzene rings is 2. The molecule has 0 atom stereocenters. The molecule has 4 rings (SSSR count). The number of carbonyl (C=O) groups is 1. The van der Waals surface area contributed by atoms with Crippen molar-refractivity contribution in [1.29, 1.82) is 0 Å². The van der Waals surface area contributed by atoms with E-state index in [1.165, 1.54) is 4.57 Å². The van der Waals surface area contributed by atoms with Crippen LogP contribution in [0.5, 0.6) is 5.75 Å². The van der Waals surface area contributed by atoms with Crippen LogP contribution in [0, 0.1) is 0 Å². The highest BCUT2D eigenvalue weighted by atomic mass is 16.5. The highest BCUT2D eigenvalue weighted by molar-refractivity contribution is 5.93. The average Bonchev–Trinajstić information content (AvgIpc) is 3.17. The van der Waals surface area contributed by atoms with Crippen LogP contribution in [0.15, 0.2) is 53.3 Å². The molecule has 4 aromatic rings. The third-order valence-electron chi connectivity index (χ3n) is 4.66. The first-order chi connectivity index (χ1) is 14.1. The average molecular weight is 391 g/mol. The summed E-state index contributed by atoms with van der Waals surface area (Å²) in [5.41, 5.74) is 1.85. The van der Waals surface area contributed by atoms with Gasteiger partial charge in [-0.1, -0.05) is 31.2 Å². The number of carbonyl (C=O) groups excluding carboxylic acids is 1. The number of ether oxygens (including phenoxy) is 1. The fourth-order valence-corrected chi connectivity index (χ4v) is 3.39. The standard InChI is InChI=1S/C21H21N5O3/c1-3-18-23-24-20-21(28)25(15-10-6-7-11-16(15)26(18)20)13-19(27)22-14-9-5-8-12-17(14)29-4-2/h5-12H,3-4,13H2,1-2H3,(H,22,27). The van der Waals surface area contributed by atoms with Gasteiger partial charge in [-0.2, -0.15) is 0 Å². The lowest BCUT2D eigenvalue weighted by Gasteiger charge is -2.14. The minimum Gasteiger partial charge on any atom is -0.492 e. The van der Waals surface area contributed by atoms with Gasteiger partial charge in [0.2, 0.25) is 11.6 Å². The lowest BCUT2D eigenvalue weighted by molar-refractivity contribution is -0.116. The molecule has 29 heavy (non-hydrogen) atoms. The zero-order valence-corrected chi connectivity index (χ0v) is 16.3. The van der Waals surface area contributed by atoms with Gasteiger partial charge in [-0.25, -0.2) is 0 Å². The summed E-state index contributed by atoms with van der Waals surface area (Å²) in [5, 5.41) is 11.0. The van der Waals surface area contributed by atoms with E-state index in [0.717, 1.165) is 5.52 Å². The van der Waals surface area contributed by atoms with Crippen LogP contribution in [0.4, 0.5) is 5.69 Å². The molecule has 2 aromatic carbocycles. The summed E-state index contributed by atoms with van der Waals surface area (Å²) < 4.78 is 8.74. The van der Waals surface area contributed by atoms with Gasteiger partial charge in [0.25, 0.3) is 5.56 Å². The van der Waals surface area contributed by atoms with E-state index in [2.05, 4.69) is 15.5 Å². The topological polar surface area (TPSA) is 90.5 Å². The monoisotopic (exact) mass is 391 g/mol. The van der Waals surface area contributed by atoms with Crippen molar-refractivity contribution in [2.24, 2.45) is 0 Å². The number of hydrogen-bond donors (Lipinski definition) is 1. The van der Waals surface area contributed by atoms with Gasteiger partial charge in [0, 0.05) is 6.42 Å². The number of amides is 1. The molecule has 2 heterocycles. The Kier molecular flexibility index (Phi) is 4.99. The molecule has 0 aliphatic rings. The van der Waals surface area contributed by atoms with E-state index in [1.807, 2.05) is 50.2 Å². The fraction of sp³-hybridized carbons (Fsp3) is 0.238. The molecule has 0 unspecified atom stereocenters. The number of nitrogens with zero attached hydrogens (tertiary/aromatic N) is 4. The fourth-order valence-electron chi connectivity index (χ4n) is 3.39. The Morgan fingerprint density at radius 1 is 1.03 bits per heavy atom. The highest BCUT2D eigenvalue weighted by Crippen LogP contribution is 2.24. The molecule has 0 fully saturated rings. The summed E-state index contributed by atoms with van der Waals surface area (Å²) in [6.45, 7) is 4.17. The minimum atomic E-state index is -0.357. The summed E-state index contributed by atoms with van der Waals surface area (Å²) >= 11 is 0. The lowest BCUT2D eigenvalue weighted by atomic mass is 10.2. The molecule has 0 saturated heterocycles. The second kappa shape index (κ2) is 7.75. The predicted octanol–water partition coefficient (Wildman–Crippen LogP) is 2.64. The summed E-state index contributed by atoms with van der Waals surface area (Å²) in [4.78, 5) is 25.8. The van der Waals surface area contributed by atoms with Crippen LogP contribution in [0.1, 0.15) is 19.7 Å². The molecule has 0 bridgehead atoms. The molecule has 0 aliphatic heterocycles. The van der Waals surface area contributed by atoms with Crippen molar-refractivity contribution in [2.75, 3.05) is 11.9 Å². The summed E-state index contributed by atoms with van der Waals surface area (Å²) in [7, 11) is 0. The van der Waals surface area contributed by atoms with Crippen molar-refractivity contribution in [3.8, 4) is 5.75 Å². The van der Waals surface area contributed by atoms with E-state index in [-0.39, 0.29) is 23.7 Å². The zero-order valence-electron chi connectivity index (χ0n) is 16.3. The number of fused-ring (bicyclic) bond motifs is 3. The van der Waals surface area contributed by atoms with Crippen LogP contribution in [-0.4, -0.2) is 31.7 Å². The smallest absolute Gasteiger partial charge is 0.297 e. The molecule has 0 saturated carbocycles. The van der Waals surface area contributed by atoms with Gasteiger partial charge < -0.3 is 10.1 Å². The van der Waals surface area contributed by atoms with Gasteiger partial charge in [-0.15, -0.1) is 10.2 Å². The molecule has 1 amide bonds. The van der Waals surface area contributed by atoms with E-state index in [9.17, 15) is 9.59 Å². The Labute approximate surface area is 166 Å². The number of anilines is 1. The van der Waals surface area contributed by atoms with Crippen LogP contribution in [0.25, 0.3) is 16.7 Å². The molecular weight excluding hydrogens is 370 g/mol. The van der Waals surface area contributed by atoms with Crippen LogP contribution in [0.2, 0.25) is 0 Å². The number of rotatable bonds is 6. The zero-order chi connectivity index (χ0) is 20.4. The Balaban J connectivity index is 1.76.